The Morgan fingerprint density at radius 2 is 1.74 bits per heavy atom. The second-order valence-corrected chi connectivity index (χ2v) is 8.70. The minimum atomic E-state index is -3.17. The fourth-order valence-electron chi connectivity index (χ4n) is 2.96. The number of hydrogen-bond acceptors (Lipinski definition) is 5. The summed E-state index contributed by atoms with van der Waals surface area (Å²) in [6.07, 6.45) is 4.40. The van der Waals surface area contributed by atoms with E-state index in [0.717, 1.165) is 25.0 Å². The van der Waals surface area contributed by atoms with Gasteiger partial charge in [-0.3, -0.25) is 4.79 Å². The third kappa shape index (κ3) is 7.76. The summed E-state index contributed by atoms with van der Waals surface area (Å²) in [5.74, 6) is 1.52. The quantitative estimate of drug-likeness (QED) is 0.578. The first-order chi connectivity index (χ1) is 13.0. The first-order valence-electron chi connectivity index (χ1n) is 9.52. The molecule has 0 aliphatic carbocycles. The monoisotopic (exact) mass is 398 g/mol. The van der Waals surface area contributed by atoms with Gasteiger partial charge in [0.1, 0.15) is 18.1 Å². The molecule has 152 valence electrons. The maximum Gasteiger partial charge on any atom is 0.220 e. The van der Waals surface area contributed by atoms with Gasteiger partial charge >= 0.3 is 0 Å². The van der Waals surface area contributed by atoms with Crippen molar-refractivity contribution >= 4 is 15.9 Å². The standard InChI is InChI=1S/C19H30N2O5S/c1-25-17-8-10-18(11-9-17)26-15-12-20-19(22)7-3-6-16-27(23,24)21-13-4-2-5-14-21/h8-11H,2-7,12-16H2,1H3,(H,20,22). The van der Waals surface area contributed by atoms with Crippen molar-refractivity contribution in [2.75, 3.05) is 39.1 Å². The summed E-state index contributed by atoms with van der Waals surface area (Å²) < 4.78 is 36.6. The highest BCUT2D eigenvalue weighted by molar-refractivity contribution is 7.89. The maximum absolute atomic E-state index is 12.2. The van der Waals surface area contributed by atoms with Crippen molar-refractivity contribution < 1.29 is 22.7 Å². The minimum absolute atomic E-state index is 0.0799. The summed E-state index contributed by atoms with van der Waals surface area (Å²) in [6.45, 7) is 2.06. The van der Waals surface area contributed by atoms with Crippen molar-refractivity contribution in [3.05, 3.63) is 24.3 Å². The number of rotatable bonds is 11. The average Bonchev–Trinajstić information content (AvgIpc) is 2.70. The number of unbranched alkanes of at least 4 members (excludes halogenated alkanes) is 1. The van der Waals surface area contributed by atoms with E-state index in [1.54, 1.807) is 11.4 Å². The van der Waals surface area contributed by atoms with Crippen molar-refractivity contribution in [2.24, 2.45) is 0 Å². The lowest BCUT2D eigenvalue weighted by atomic mass is 10.2. The predicted molar refractivity (Wildman–Crippen MR) is 105 cm³/mol. The summed E-state index contributed by atoms with van der Waals surface area (Å²) in [5.41, 5.74) is 0. The number of methoxy groups -OCH3 is 1. The first-order valence-corrected chi connectivity index (χ1v) is 11.1. The van der Waals surface area contributed by atoms with Crippen LogP contribution in [0, 0.1) is 0 Å². The highest BCUT2D eigenvalue weighted by atomic mass is 32.2. The number of nitrogens with one attached hydrogen (secondary N) is 1. The molecule has 2 rings (SSSR count). The van der Waals surface area contributed by atoms with Gasteiger partial charge in [0.05, 0.1) is 19.4 Å². The van der Waals surface area contributed by atoms with E-state index in [4.69, 9.17) is 9.47 Å². The Morgan fingerprint density at radius 1 is 1.07 bits per heavy atom. The first kappa shape index (κ1) is 21.5. The summed E-state index contributed by atoms with van der Waals surface area (Å²) in [6, 6.07) is 7.24. The zero-order valence-corrected chi connectivity index (χ0v) is 16.8. The van der Waals surface area contributed by atoms with Gasteiger partial charge in [0.25, 0.3) is 0 Å². The molecular formula is C19H30N2O5S. The SMILES string of the molecule is COc1ccc(OCCNC(=O)CCCCS(=O)(=O)N2CCCCC2)cc1. The maximum atomic E-state index is 12.2. The Morgan fingerprint density at radius 3 is 2.41 bits per heavy atom. The Labute approximate surface area is 162 Å². The van der Waals surface area contributed by atoms with Crippen molar-refractivity contribution in [3.63, 3.8) is 0 Å². The fraction of sp³-hybridized carbons (Fsp3) is 0.632. The van der Waals surface area contributed by atoms with Crippen LogP contribution in [-0.4, -0.2) is 57.7 Å². The van der Waals surface area contributed by atoms with E-state index in [-0.39, 0.29) is 11.7 Å². The Hall–Kier alpha value is -1.80. The summed E-state index contributed by atoms with van der Waals surface area (Å²) in [5, 5.41) is 2.79. The van der Waals surface area contributed by atoms with Crippen LogP contribution in [0.5, 0.6) is 11.5 Å². The van der Waals surface area contributed by atoms with Crippen LogP contribution in [0.15, 0.2) is 24.3 Å². The van der Waals surface area contributed by atoms with Gasteiger partial charge in [-0.05, 0) is 49.9 Å². The highest BCUT2D eigenvalue weighted by Gasteiger charge is 2.23. The lowest BCUT2D eigenvalue weighted by molar-refractivity contribution is -0.121. The summed E-state index contributed by atoms with van der Waals surface area (Å²) in [7, 11) is -1.56. The number of ether oxygens (including phenoxy) is 2. The largest absolute Gasteiger partial charge is 0.497 e. The van der Waals surface area contributed by atoms with Gasteiger partial charge in [-0.1, -0.05) is 6.42 Å². The molecule has 0 radical (unpaired) electrons. The third-order valence-electron chi connectivity index (χ3n) is 4.52. The number of carbonyl (C=O) groups excluding carboxylic acids is 1. The number of benzene rings is 1. The molecule has 1 N–H and O–H groups in total. The van der Waals surface area contributed by atoms with E-state index in [0.29, 0.717) is 51.3 Å². The second kappa shape index (κ2) is 11.1. The van der Waals surface area contributed by atoms with Gasteiger partial charge in [0.15, 0.2) is 0 Å². The molecule has 0 aromatic heterocycles. The van der Waals surface area contributed by atoms with Gasteiger partial charge in [-0.25, -0.2) is 12.7 Å². The molecule has 0 spiro atoms. The molecule has 1 aromatic carbocycles. The van der Waals surface area contributed by atoms with Crippen LogP contribution < -0.4 is 14.8 Å². The van der Waals surface area contributed by atoms with Crippen LogP contribution in [0.2, 0.25) is 0 Å². The van der Waals surface area contributed by atoms with E-state index in [2.05, 4.69) is 5.32 Å². The molecule has 1 heterocycles. The molecule has 1 aliphatic heterocycles. The van der Waals surface area contributed by atoms with E-state index in [1.807, 2.05) is 24.3 Å². The molecule has 1 aromatic rings. The van der Waals surface area contributed by atoms with Gasteiger partial charge in [-0.2, -0.15) is 0 Å². The van der Waals surface area contributed by atoms with Crippen LogP contribution in [0.4, 0.5) is 0 Å². The molecule has 8 heteroatoms. The molecule has 7 nitrogen and oxygen atoms in total. The van der Waals surface area contributed by atoms with Gasteiger partial charge in [0, 0.05) is 19.5 Å². The molecule has 1 aliphatic rings. The van der Waals surface area contributed by atoms with Crippen molar-refractivity contribution in [1.82, 2.24) is 9.62 Å². The molecule has 0 saturated carbocycles. The summed E-state index contributed by atoms with van der Waals surface area (Å²) >= 11 is 0. The van der Waals surface area contributed by atoms with Crippen LogP contribution in [0.1, 0.15) is 38.5 Å². The van der Waals surface area contributed by atoms with Crippen molar-refractivity contribution in [1.29, 1.82) is 0 Å². The molecule has 0 bridgehead atoms. The van der Waals surface area contributed by atoms with Crippen molar-refractivity contribution in [3.8, 4) is 11.5 Å². The fourth-order valence-corrected chi connectivity index (χ4v) is 4.60. The molecule has 1 fully saturated rings. The number of hydrogen-bond donors (Lipinski definition) is 1. The van der Waals surface area contributed by atoms with Gasteiger partial charge in [0.2, 0.25) is 15.9 Å². The van der Waals surface area contributed by atoms with Crippen molar-refractivity contribution in [2.45, 2.75) is 38.5 Å². The second-order valence-electron chi connectivity index (χ2n) is 6.61. The van der Waals surface area contributed by atoms with Crippen LogP contribution in [0.25, 0.3) is 0 Å². The van der Waals surface area contributed by atoms with E-state index in [1.165, 1.54) is 0 Å². The predicted octanol–water partition coefficient (Wildman–Crippen LogP) is 2.18. The van der Waals surface area contributed by atoms with E-state index in [9.17, 15) is 13.2 Å². The Balaban J connectivity index is 1.54. The normalized spacial score (nSPS) is 15.3. The topological polar surface area (TPSA) is 84.9 Å². The smallest absolute Gasteiger partial charge is 0.220 e. The molecule has 0 unspecified atom stereocenters. The van der Waals surface area contributed by atoms with Gasteiger partial charge < -0.3 is 14.8 Å². The number of sulfonamides is 1. The summed E-state index contributed by atoms with van der Waals surface area (Å²) in [4.78, 5) is 11.8. The molecule has 1 saturated heterocycles. The number of amides is 1. The minimum Gasteiger partial charge on any atom is -0.497 e. The Bertz CT molecular complexity index is 670. The number of piperidine rings is 1. The molecule has 27 heavy (non-hydrogen) atoms. The third-order valence-corrected chi connectivity index (χ3v) is 6.47. The van der Waals surface area contributed by atoms with E-state index >= 15 is 0 Å². The molecule has 0 atom stereocenters. The van der Waals surface area contributed by atoms with Crippen LogP contribution in [0.3, 0.4) is 0 Å². The number of carbonyl (C=O) groups is 1. The molecule has 1 amide bonds. The Kier molecular flexibility index (Phi) is 8.87. The van der Waals surface area contributed by atoms with Gasteiger partial charge in [-0.15, -0.1) is 0 Å². The molecular weight excluding hydrogens is 368 g/mol. The zero-order chi connectivity index (χ0) is 19.5. The van der Waals surface area contributed by atoms with Crippen LogP contribution in [-0.2, 0) is 14.8 Å². The zero-order valence-electron chi connectivity index (χ0n) is 16.0. The van der Waals surface area contributed by atoms with Crippen LogP contribution >= 0.6 is 0 Å². The average molecular weight is 399 g/mol. The lowest BCUT2D eigenvalue weighted by Gasteiger charge is -2.25. The highest BCUT2D eigenvalue weighted by Crippen LogP contribution is 2.17. The van der Waals surface area contributed by atoms with E-state index < -0.39 is 10.0 Å². The number of nitrogens with zero attached hydrogens (tertiary/aromatic N) is 1. The lowest BCUT2D eigenvalue weighted by Crippen LogP contribution is -2.37.